The number of fused-ring (bicyclic) bond motifs is 2. The summed E-state index contributed by atoms with van der Waals surface area (Å²) in [6, 6.07) is 9.11. The average Bonchev–Trinajstić information content (AvgIpc) is 2.82. The Kier molecular flexibility index (Phi) is 6.14. The van der Waals surface area contributed by atoms with Crippen LogP contribution in [0.4, 0.5) is 0 Å². The number of allylic oxidation sites excluding steroid dienone is 2. The Morgan fingerprint density at radius 1 is 1.24 bits per heavy atom. The maximum absolute atomic E-state index is 9.19. The highest BCUT2D eigenvalue weighted by Gasteiger charge is 2.42. The molecule has 8 heteroatoms. The normalized spacial score (nSPS) is 25.8. The summed E-state index contributed by atoms with van der Waals surface area (Å²) in [5.74, 6) is 0.505. The number of nitrogens with zero attached hydrogens (tertiary/aromatic N) is 1. The minimum atomic E-state index is -3.67. The Hall–Kier alpha value is -1.25. The number of rotatable bonds is 1. The SMILES string of the molecule is CS(=O)(=O)O.Clc1ccc(C2CCC3=C4CNCCC4N4CC=CSC2=C34)cc1. The van der Waals surface area contributed by atoms with E-state index < -0.39 is 10.1 Å². The van der Waals surface area contributed by atoms with Gasteiger partial charge in [0.1, 0.15) is 0 Å². The maximum Gasteiger partial charge on any atom is 0.261 e. The molecule has 4 aliphatic rings. The Labute approximate surface area is 181 Å². The fourth-order valence-corrected chi connectivity index (χ4v) is 5.91. The molecule has 0 amide bonds. The average molecular weight is 453 g/mol. The van der Waals surface area contributed by atoms with Crippen molar-refractivity contribution in [3.05, 3.63) is 68.1 Å². The van der Waals surface area contributed by atoms with Crippen molar-refractivity contribution >= 4 is 33.5 Å². The van der Waals surface area contributed by atoms with Crippen LogP contribution in [0.15, 0.2) is 57.5 Å². The van der Waals surface area contributed by atoms with Crippen LogP contribution < -0.4 is 5.32 Å². The predicted octanol–water partition coefficient (Wildman–Crippen LogP) is 4.17. The third-order valence-electron chi connectivity index (χ3n) is 5.75. The van der Waals surface area contributed by atoms with E-state index >= 15 is 0 Å². The van der Waals surface area contributed by atoms with Gasteiger partial charge in [0.2, 0.25) is 0 Å². The van der Waals surface area contributed by atoms with Gasteiger partial charge in [-0.15, -0.1) is 0 Å². The Morgan fingerprint density at radius 3 is 2.69 bits per heavy atom. The number of nitrogens with one attached hydrogen (secondary N) is 1. The van der Waals surface area contributed by atoms with Gasteiger partial charge in [-0.2, -0.15) is 8.42 Å². The molecule has 3 aliphatic heterocycles. The molecule has 1 saturated heterocycles. The lowest BCUT2D eigenvalue weighted by molar-refractivity contribution is 0.298. The molecule has 1 fully saturated rings. The summed E-state index contributed by atoms with van der Waals surface area (Å²) in [6.45, 7) is 3.27. The van der Waals surface area contributed by atoms with Crippen molar-refractivity contribution in [2.75, 3.05) is 25.9 Å². The lowest BCUT2D eigenvalue weighted by Gasteiger charge is -2.34. The van der Waals surface area contributed by atoms with Crippen LogP contribution in [-0.2, 0) is 10.1 Å². The molecule has 0 bridgehead atoms. The molecule has 29 heavy (non-hydrogen) atoms. The number of piperidine rings is 1. The molecule has 2 unspecified atom stereocenters. The fourth-order valence-electron chi connectivity index (χ4n) is 4.69. The highest BCUT2D eigenvalue weighted by Crippen LogP contribution is 2.53. The van der Waals surface area contributed by atoms with Gasteiger partial charge in [0.25, 0.3) is 10.1 Å². The van der Waals surface area contributed by atoms with E-state index in [1.807, 2.05) is 23.9 Å². The molecule has 1 aromatic rings. The van der Waals surface area contributed by atoms with Crippen LogP contribution in [0.2, 0.25) is 5.02 Å². The Balaban J connectivity index is 0.000000369. The third kappa shape index (κ3) is 4.59. The van der Waals surface area contributed by atoms with Crippen LogP contribution in [0, 0.1) is 0 Å². The van der Waals surface area contributed by atoms with E-state index in [-0.39, 0.29) is 0 Å². The summed E-state index contributed by atoms with van der Waals surface area (Å²) in [4.78, 5) is 4.23. The molecule has 1 aromatic carbocycles. The van der Waals surface area contributed by atoms with Gasteiger partial charge in [-0.3, -0.25) is 4.55 Å². The molecule has 0 radical (unpaired) electrons. The van der Waals surface area contributed by atoms with Gasteiger partial charge in [-0.25, -0.2) is 0 Å². The second-order valence-electron chi connectivity index (χ2n) is 7.72. The number of halogens is 1. The van der Waals surface area contributed by atoms with Crippen LogP contribution in [0.1, 0.15) is 30.7 Å². The van der Waals surface area contributed by atoms with Gasteiger partial charge < -0.3 is 10.2 Å². The third-order valence-corrected chi connectivity index (χ3v) is 7.06. The van der Waals surface area contributed by atoms with Gasteiger partial charge in [0.05, 0.1) is 18.0 Å². The minimum absolute atomic E-state index is 0.505. The lowest BCUT2D eigenvalue weighted by atomic mass is 9.84. The van der Waals surface area contributed by atoms with Crippen LogP contribution in [0.5, 0.6) is 0 Å². The molecule has 0 aromatic heterocycles. The first-order valence-corrected chi connectivity index (χ1v) is 12.9. The molecule has 1 aliphatic carbocycles. The van der Waals surface area contributed by atoms with Gasteiger partial charge >= 0.3 is 0 Å². The zero-order valence-corrected chi connectivity index (χ0v) is 18.7. The topological polar surface area (TPSA) is 69.6 Å². The van der Waals surface area contributed by atoms with Crippen LogP contribution >= 0.6 is 23.4 Å². The zero-order valence-electron chi connectivity index (χ0n) is 16.3. The molecule has 3 heterocycles. The number of hydrogen-bond donors (Lipinski definition) is 2. The van der Waals surface area contributed by atoms with E-state index in [1.165, 1.54) is 24.8 Å². The van der Waals surface area contributed by atoms with E-state index in [9.17, 15) is 8.42 Å². The summed E-state index contributed by atoms with van der Waals surface area (Å²) in [6.07, 6.45) is 6.70. The second kappa shape index (κ2) is 8.47. The summed E-state index contributed by atoms with van der Waals surface area (Å²) in [5, 5.41) is 6.71. The first-order valence-electron chi connectivity index (χ1n) is 9.76. The smallest absolute Gasteiger partial charge is 0.261 e. The second-order valence-corrected chi connectivity index (χ2v) is 10.6. The van der Waals surface area contributed by atoms with Crippen molar-refractivity contribution < 1.29 is 13.0 Å². The van der Waals surface area contributed by atoms with Crippen LogP contribution in [0.3, 0.4) is 0 Å². The zero-order chi connectivity index (χ0) is 20.6. The largest absolute Gasteiger partial charge is 0.360 e. The van der Waals surface area contributed by atoms with Crippen molar-refractivity contribution in [3.63, 3.8) is 0 Å². The summed E-state index contributed by atoms with van der Waals surface area (Å²) in [5.41, 5.74) is 6.27. The van der Waals surface area contributed by atoms with Crippen molar-refractivity contribution in [2.24, 2.45) is 0 Å². The standard InChI is InChI=1S/C20H21ClN2S.CH4O3S/c21-14-4-2-13(3-5-14)15-6-7-16-17-12-22-9-8-18(17)23-10-1-11-24-20(15)19(16)23;1-5(2,3)4/h1-5,11,15,18,22H,6-10,12H2;1H3,(H,2,3,4). The number of thioether (sulfide) groups is 1. The summed E-state index contributed by atoms with van der Waals surface area (Å²) >= 11 is 8.04. The Bertz CT molecular complexity index is 976. The maximum atomic E-state index is 9.19. The molecule has 2 N–H and O–H groups in total. The highest BCUT2D eigenvalue weighted by atomic mass is 35.5. The fraction of sp³-hybridized carbons (Fsp3) is 0.429. The van der Waals surface area contributed by atoms with E-state index in [0.29, 0.717) is 18.2 Å². The van der Waals surface area contributed by atoms with Gasteiger partial charge in [0, 0.05) is 28.9 Å². The Morgan fingerprint density at radius 2 is 1.97 bits per heavy atom. The minimum Gasteiger partial charge on any atom is -0.360 e. The van der Waals surface area contributed by atoms with Crippen molar-refractivity contribution in [1.82, 2.24) is 10.2 Å². The van der Waals surface area contributed by atoms with Crippen LogP contribution in [-0.4, -0.2) is 49.8 Å². The van der Waals surface area contributed by atoms with E-state index in [4.69, 9.17) is 16.2 Å². The molecular formula is C21H25ClN2O3S2. The lowest BCUT2D eigenvalue weighted by Crippen LogP contribution is -2.40. The van der Waals surface area contributed by atoms with Gasteiger partial charge in [0.15, 0.2) is 0 Å². The van der Waals surface area contributed by atoms with Crippen molar-refractivity contribution in [2.45, 2.75) is 31.2 Å². The van der Waals surface area contributed by atoms with Gasteiger partial charge in [-0.05, 0) is 60.1 Å². The van der Waals surface area contributed by atoms with Gasteiger partial charge in [-0.1, -0.05) is 41.6 Å². The quantitative estimate of drug-likeness (QED) is 0.623. The molecule has 0 saturated carbocycles. The summed E-state index contributed by atoms with van der Waals surface area (Å²) in [7, 11) is -3.67. The molecular weight excluding hydrogens is 428 g/mol. The van der Waals surface area contributed by atoms with E-state index in [2.05, 4.69) is 33.8 Å². The molecule has 0 spiro atoms. The predicted molar refractivity (Wildman–Crippen MR) is 120 cm³/mol. The highest BCUT2D eigenvalue weighted by molar-refractivity contribution is 8.05. The van der Waals surface area contributed by atoms with Crippen LogP contribution in [0.25, 0.3) is 0 Å². The summed E-state index contributed by atoms with van der Waals surface area (Å²) < 4.78 is 25.9. The van der Waals surface area contributed by atoms with Crippen molar-refractivity contribution in [1.29, 1.82) is 0 Å². The first-order chi connectivity index (χ1) is 13.8. The molecule has 156 valence electrons. The molecule has 5 nitrogen and oxygen atoms in total. The van der Waals surface area contributed by atoms with E-state index in [0.717, 1.165) is 24.7 Å². The van der Waals surface area contributed by atoms with E-state index in [1.54, 1.807) is 21.7 Å². The van der Waals surface area contributed by atoms with Crippen molar-refractivity contribution in [3.8, 4) is 0 Å². The first kappa shape index (κ1) is 21.0. The number of hydrogen-bond acceptors (Lipinski definition) is 5. The monoisotopic (exact) mass is 452 g/mol. The number of benzene rings is 1. The molecule has 5 rings (SSSR count). The molecule has 2 atom stereocenters.